The average molecular weight is 320 g/mol. The van der Waals surface area contributed by atoms with E-state index in [4.69, 9.17) is 4.74 Å². The van der Waals surface area contributed by atoms with Crippen LogP contribution in [0.4, 0.5) is 13.2 Å². The van der Waals surface area contributed by atoms with Crippen LogP contribution in [-0.2, 0) is 6.18 Å². The molecule has 0 amide bonds. The molecule has 0 N–H and O–H groups in total. The van der Waals surface area contributed by atoms with Crippen molar-refractivity contribution in [3.05, 3.63) is 48.2 Å². The molecule has 0 fully saturated rings. The maximum Gasteiger partial charge on any atom is 0.451 e. The lowest BCUT2D eigenvalue weighted by Gasteiger charge is -2.13. The predicted octanol–water partition coefficient (Wildman–Crippen LogP) is 3.54. The number of nitrogens with zero attached hydrogens (tertiary/aromatic N) is 4. The van der Waals surface area contributed by atoms with Crippen LogP contribution in [0.25, 0.3) is 5.57 Å². The number of alkyl halides is 3. The lowest BCUT2D eigenvalue weighted by Crippen LogP contribution is -2.10. The molecular weight excluding hydrogens is 309 g/mol. The van der Waals surface area contributed by atoms with Gasteiger partial charge in [0.15, 0.2) is 5.75 Å². The highest BCUT2D eigenvalue weighted by atomic mass is 19.4. The Bertz CT molecular complexity index is 754. The van der Waals surface area contributed by atoms with Crippen LogP contribution in [0.5, 0.6) is 11.6 Å². The average Bonchev–Trinajstić information content (AvgIpc) is 2.56. The third-order valence-electron chi connectivity index (χ3n) is 3.10. The van der Waals surface area contributed by atoms with Crippen LogP contribution in [0.1, 0.15) is 17.8 Å². The van der Waals surface area contributed by atoms with Crippen LogP contribution in [-0.4, -0.2) is 27.7 Å². The minimum Gasteiger partial charge on any atom is -0.435 e. The van der Waals surface area contributed by atoms with E-state index >= 15 is 0 Å². The van der Waals surface area contributed by atoms with Crippen LogP contribution in [0.2, 0.25) is 0 Å². The Hall–Kier alpha value is -2.77. The Labute approximate surface area is 129 Å². The van der Waals surface area contributed by atoms with Gasteiger partial charge < -0.3 is 4.74 Å². The highest BCUT2D eigenvalue weighted by molar-refractivity contribution is 5.83. The first-order valence-electron chi connectivity index (χ1n) is 6.74. The van der Waals surface area contributed by atoms with E-state index < -0.39 is 12.0 Å². The first kappa shape index (κ1) is 15.1. The zero-order valence-electron chi connectivity index (χ0n) is 11.8. The maximum atomic E-state index is 12.5. The molecule has 0 saturated heterocycles. The molecule has 0 unspecified atom stereocenters. The second-order valence-electron chi connectivity index (χ2n) is 4.68. The molecule has 3 rings (SSSR count). The number of rotatable bonds is 3. The van der Waals surface area contributed by atoms with Crippen molar-refractivity contribution in [3.8, 4) is 11.6 Å². The molecule has 3 heterocycles. The summed E-state index contributed by atoms with van der Waals surface area (Å²) in [6.45, 7) is 0.576. The van der Waals surface area contributed by atoms with Crippen LogP contribution < -0.4 is 4.74 Å². The zero-order valence-corrected chi connectivity index (χ0v) is 11.8. The van der Waals surface area contributed by atoms with E-state index in [1.54, 1.807) is 18.5 Å². The van der Waals surface area contributed by atoms with E-state index in [0.29, 0.717) is 13.0 Å². The molecule has 0 atom stereocenters. The van der Waals surface area contributed by atoms with Crippen molar-refractivity contribution in [2.45, 2.75) is 12.6 Å². The minimum atomic E-state index is -4.58. The molecule has 118 valence electrons. The minimum absolute atomic E-state index is 0.0861. The topological polar surface area (TPSA) is 60.3 Å². The zero-order chi connectivity index (χ0) is 16.3. The van der Waals surface area contributed by atoms with E-state index in [-0.39, 0.29) is 11.6 Å². The lowest BCUT2D eigenvalue weighted by molar-refractivity contribution is -0.145. The summed E-state index contributed by atoms with van der Waals surface area (Å²) in [6, 6.07) is 3.59. The summed E-state index contributed by atoms with van der Waals surface area (Å²) in [4.78, 5) is 14.8. The number of aliphatic imine (C=N–C) groups is 1. The van der Waals surface area contributed by atoms with Crippen LogP contribution >= 0.6 is 0 Å². The number of ether oxygens (including phenoxy) is 1. The molecule has 0 aliphatic carbocycles. The normalized spacial score (nSPS) is 14.5. The van der Waals surface area contributed by atoms with Crippen molar-refractivity contribution >= 4 is 11.8 Å². The van der Waals surface area contributed by atoms with Gasteiger partial charge in [0.05, 0.1) is 18.9 Å². The molecule has 5 nitrogen and oxygen atoms in total. The van der Waals surface area contributed by atoms with Gasteiger partial charge in [-0.05, 0) is 17.7 Å². The summed E-state index contributed by atoms with van der Waals surface area (Å²) in [5.74, 6) is -0.835. The van der Waals surface area contributed by atoms with Crippen molar-refractivity contribution < 1.29 is 17.9 Å². The van der Waals surface area contributed by atoms with Gasteiger partial charge in [0, 0.05) is 24.4 Å². The number of pyridine rings is 1. The van der Waals surface area contributed by atoms with Crippen LogP contribution in [0.15, 0.2) is 41.8 Å². The van der Waals surface area contributed by atoms with E-state index in [9.17, 15) is 13.2 Å². The SMILES string of the molecule is FC(F)(F)c1ncc(Oc2ncccc2C2=CCN=CC2)cn1. The van der Waals surface area contributed by atoms with Crippen molar-refractivity contribution in [1.82, 2.24) is 15.0 Å². The summed E-state index contributed by atoms with van der Waals surface area (Å²) in [5.41, 5.74) is 1.76. The van der Waals surface area contributed by atoms with Gasteiger partial charge in [-0.3, -0.25) is 4.99 Å². The highest BCUT2D eigenvalue weighted by Gasteiger charge is 2.34. The molecule has 23 heavy (non-hydrogen) atoms. The molecule has 2 aromatic heterocycles. The third-order valence-corrected chi connectivity index (χ3v) is 3.10. The van der Waals surface area contributed by atoms with Crippen molar-refractivity contribution in [1.29, 1.82) is 0 Å². The Kier molecular flexibility index (Phi) is 4.05. The van der Waals surface area contributed by atoms with Gasteiger partial charge >= 0.3 is 6.18 Å². The van der Waals surface area contributed by atoms with E-state index in [0.717, 1.165) is 23.5 Å². The van der Waals surface area contributed by atoms with Crippen molar-refractivity contribution in [3.63, 3.8) is 0 Å². The van der Waals surface area contributed by atoms with Gasteiger partial charge in [-0.25, -0.2) is 15.0 Å². The summed E-state index contributed by atoms with van der Waals surface area (Å²) < 4.78 is 42.9. The van der Waals surface area contributed by atoms with Crippen LogP contribution in [0.3, 0.4) is 0 Å². The molecule has 1 aliphatic heterocycles. The molecule has 0 radical (unpaired) electrons. The van der Waals surface area contributed by atoms with Gasteiger partial charge in [0.1, 0.15) is 0 Å². The predicted molar refractivity (Wildman–Crippen MR) is 77.3 cm³/mol. The number of halogens is 3. The molecule has 2 aromatic rings. The molecule has 8 heteroatoms. The number of hydrogen-bond acceptors (Lipinski definition) is 5. The van der Waals surface area contributed by atoms with E-state index in [2.05, 4.69) is 19.9 Å². The van der Waals surface area contributed by atoms with Crippen molar-refractivity contribution in [2.75, 3.05) is 6.54 Å². The quantitative estimate of drug-likeness (QED) is 0.868. The Balaban J connectivity index is 1.85. The Morgan fingerprint density at radius 3 is 2.52 bits per heavy atom. The van der Waals surface area contributed by atoms with Gasteiger partial charge in [0.25, 0.3) is 0 Å². The molecule has 0 bridgehead atoms. The highest BCUT2D eigenvalue weighted by Crippen LogP contribution is 2.31. The fourth-order valence-electron chi connectivity index (χ4n) is 2.05. The Morgan fingerprint density at radius 1 is 1.09 bits per heavy atom. The summed E-state index contributed by atoms with van der Waals surface area (Å²) in [7, 11) is 0. The van der Waals surface area contributed by atoms with E-state index in [1.807, 2.05) is 12.1 Å². The maximum absolute atomic E-state index is 12.5. The molecule has 0 aromatic carbocycles. The molecule has 1 aliphatic rings. The second kappa shape index (κ2) is 6.15. The smallest absolute Gasteiger partial charge is 0.435 e. The first-order valence-corrected chi connectivity index (χ1v) is 6.74. The van der Waals surface area contributed by atoms with E-state index in [1.165, 1.54) is 0 Å². The monoisotopic (exact) mass is 320 g/mol. The number of aromatic nitrogens is 3. The standard InChI is InChI=1S/C15H11F3N4O/c16-15(17,18)14-21-8-11(9-22-14)23-13-12(2-1-5-20-13)10-3-6-19-7-4-10/h1-3,5,7-9H,4,6H2. The summed E-state index contributed by atoms with van der Waals surface area (Å²) in [6.07, 6.45) is 3.31. The van der Waals surface area contributed by atoms with Crippen molar-refractivity contribution in [2.24, 2.45) is 4.99 Å². The Morgan fingerprint density at radius 2 is 1.87 bits per heavy atom. The molecule has 0 saturated carbocycles. The lowest BCUT2D eigenvalue weighted by atomic mass is 10.0. The number of allylic oxidation sites excluding steroid dienone is 1. The summed E-state index contributed by atoms with van der Waals surface area (Å²) >= 11 is 0. The van der Waals surface area contributed by atoms with Crippen LogP contribution in [0, 0.1) is 0 Å². The largest absolute Gasteiger partial charge is 0.451 e. The number of hydrogen-bond donors (Lipinski definition) is 0. The summed E-state index contributed by atoms with van der Waals surface area (Å²) in [5, 5.41) is 0. The number of dihydropyridines is 1. The van der Waals surface area contributed by atoms with Gasteiger partial charge in [0.2, 0.25) is 11.7 Å². The fourth-order valence-corrected chi connectivity index (χ4v) is 2.05. The van der Waals surface area contributed by atoms with Gasteiger partial charge in [-0.1, -0.05) is 6.08 Å². The third kappa shape index (κ3) is 3.53. The first-order chi connectivity index (χ1) is 11.0. The van der Waals surface area contributed by atoms with Gasteiger partial charge in [-0.15, -0.1) is 0 Å². The van der Waals surface area contributed by atoms with Gasteiger partial charge in [-0.2, -0.15) is 13.2 Å². The fraction of sp³-hybridized carbons (Fsp3) is 0.200. The molecular formula is C15H11F3N4O. The molecule has 0 spiro atoms. The second-order valence-corrected chi connectivity index (χ2v) is 4.68.